The second kappa shape index (κ2) is 5.54. The molecular formula is C8H13F. The SMILES string of the molecule is CC.FC1=CC=CCC1. The first-order valence-corrected chi connectivity index (χ1v) is 3.41. The van der Waals surface area contributed by atoms with E-state index < -0.39 is 0 Å². The van der Waals surface area contributed by atoms with E-state index >= 15 is 0 Å². The standard InChI is InChI=1S/C6H7F.C2H6/c7-6-4-2-1-3-5-6;1-2/h1-2,4H,3,5H2;1-2H3. The fourth-order valence-electron chi connectivity index (χ4n) is 0.573. The zero-order valence-electron chi connectivity index (χ0n) is 6.02. The van der Waals surface area contributed by atoms with Crippen LogP contribution in [0.25, 0.3) is 0 Å². The molecule has 0 heterocycles. The third kappa shape index (κ3) is 3.95. The lowest BCUT2D eigenvalue weighted by molar-refractivity contribution is 0.588. The summed E-state index contributed by atoms with van der Waals surface area (Å²) < 4.78 is 12.0. The third-order valence-corrected chi connectivity index (χ3v) is 0.963. The van der Waals surface area contributed by atoms with Gasteiger partial charge in [0, 0.05) is 6.42 Å². The normalized spacial score (nSPS) is 15.7. The molecule has 0 aromatic heterocycles. The quantitative estimate of drug-likeness (QED) is 0.470. The van der Waals surface area contributed by atoms with E-state index in [0.717, 1.165) is 6.42 Å². The van der Waals surface area contributed by atoms with Crippen molar-refractivity contribution in [3.63, 3.8) is 0 Å². The molecule has 0 aliphatic heterocycles. The van der Waals surface area contributed by atoms with Crippen LogP contribution >= 0.6 is 0 Å². The van der Waals surface area contributed by atoms with Crippen molar-refractivity contribution < 1.29 is 4.39 Å². The van der Waals surface area contributed by atoms with Crippen LogP contribution in [-0.4, -0.2) is 0 Å². The van der Waals surface area contributed by atoms with E-state index in [9.17, 15) is 4.39 Å². The highest BCUT2D eigenvalue weighted by atomic mass is 19.1. The van der Waals surface area contributed by atoms with Crippen molar-refractivity contribution in [1.29, 1.82) is 0 Å². The maximum atomic E-state index is 12.0. The minimum absolute atomic E-state index is 0.00231. The first-order valence-electron chi connectivity index (χ1n) is 3.41. The highest BCUT2D eigenvalue weighted by Crippen LogP contribution is 2.11. The van der Waals surface area contributed by atoms with Gasteiger partial charge in [0.05, 0.1) is 0 Å². The van der Waals surface area contributed by atoms with Crippen LogP contribution in [0.5, 0.6) is 0 Å². The lowest BCUT2D eigenvalue weighted by atomic mass is 10.2. The number of hydrogen-bond donors (Lipinski definition) is 0. The van der Waals surface area contributed by atoms with Gasteiger partial charge in [-0.2, -0.15) is 0 Å². The van der Waals surface area contributed by atoms with Crippen LogP contribution in [0.3, 0.4) is 0 Å². The molecule has 1 aliphatic rings. The van der Waals surface area contributed by atoms with Crippen molar-refractivity contribution in [2.45, 2.75) is 26.7 Å². The molecule has 0 amide bonds. The summed E-state index contributed by atoms with van der Waals surface area (Å²) in [6, 6.07) is 0. The van der Waals surface area contributed by atoms with E-state index in [2.05, 4.69) is 0 Å². The molecule has 0 unspecified atom stereocenters. The fraction of sp³-hybridized carbons (Fsp3) is 0.500. The topological polar surface area (TPSA) is 0 Å². The second-order valence-corrected chi connectivity index (χ2v) is 1.58. The van der Waals surface area contributed by atoms with Crippen molar-refractivity contribution in [2.24, 2.45) is 0 Å². The van der Waals surface area contributed by atoms with Gasteiger partial charge >= 0.3 is 0 Å². The summed E-state index contributed by atoms with van der Waals surface area (Å²) in [7, 11) is 0. The van der Waals surface area contributed by atoms with Gasteiger partial charge < -0.3 is 0 Å². The molecule has 0 N–H and O–H groups in total. The van der Waals surface area contributed by atoms with E-state index in [0.29, 0.717) is 6.42 Å². The van der Waals surface area contributed by atoms with Crippen LogP contribution < -0.4 is 0 Å². The average molecular weight is 128 g/mol. The monoisotopic (exact) mass is 128 g/mol. The van der Waals surface area contributed by atoms with Crippen molar-refractivity contribution in [3.05, 3.63) is 24.1 Å². The minimum Gasteiger partial charge on any atom is -0.212 e. The van der Waals surface area contributed by atoms with Gasteiger partial charge in [-0.05, 0) is 12.5 Å². The predicted molar refractivity (Wildman–Crippen MR) is 38.9 cm³/mol. The van der Waals surface area contributed by atoms with Gasteiger partial charge in [0.1, 0.15) is 5.83 Å². The number of halogens is 1. The van der Waals surface area contributed by atoms with Gasteiger partial charge in [-0.1, -0.05) is 26.0 Å². The van der Waals surface area contributed by atoms with Gasteiger partial charge in [-0.3, -0.25) is 0 Å². The molecule has 9 heavy (non-hydrogen) atoms. The van der Waals surface area contributed by atoms with Crippen LogP contribution in [0.2, 0.25) is 0 Å². The molecule has 0 fully saturated rings. The van der Waals surface area contributed by atoms with Crippen LogP contribution in [0.1, 0.15) is 26.7 Å². The molecule has 0 atom stereocenters. The molecule has 1 heteroatoms. The lowest BCUT2D eigenvalue weighted by Crippen LogP contribution is -1.76. The number of rotatable bonds is 0. The Kier molecular flexibility index (Phi) is 5.18. The molecule has 0 spiro atoms. The first-order chi connectivity index (χ1) is 4.39. The molecule has 0 aromatic rings. The third-order valence-electron chi connectivity index (χ3n) is 0.963. The van der Waals surface area contributed by atoms with Gasteiger partial charge in [0.25, 0.3) is 0 Å². The summed E-state index contributed by atoms with van der Waals surface area (Å²) in [4.78, 5) is 0. The molecule has 0 radical (unpaired) electrons. The van der Waals surface area contributed by atoms with E-state index in [1.165, 1.54) is 6.08 Å². The summed E-state index contributed by atoms with van der Waals surface area (Å²) in [6.45, 7) is 4.00. The Labute approximate surface area is 56.1 Å². The fourth-order valence-corrected chi connectivity index (χ4v) is 0.573. The zero-order valence-corrected chi connectivity index (χ0v) is 6.02. The molecule has 0 saturated carbocycles. The minimum atomic E-state index is 0.00231. The summed E-state index contributed by atoms with van der Waals surface area (Å²) in [5, 5.41) is 0. The van der Waals surface area contributed by atoms with E-state index in [4.69, 9.17) is 0 Å². The molecule has 1 rings (SSSR count). The number of allylic oxidation sites excluding steroid dienone is 4. The molecular weight excluding hydrogens is 115 g/mol. The van der Waals surface area contributed by atoms with Crippen molar-refractivity contribution >= 4 is 0 Å². The van der Waals surface area contributed by atoms with E-state index in [1.54, 1.807) is 6.08 Å². The largest absolute Gasteiger partial charge is 0.212 e. The van der Waals surface area contributed by atoms with Crippen molar-refractivity contribution in [2.75, 3.05) is 0 Å². The second-order valence-electron chi connectivity index (χ2n) is 1.58. The van der Waals surface area contributed by atoms with Gasteiger partial charge in [0.2, 0.25) is 0 Å². The molecule has 0 aromatic carbocycles. The Hall–Kier alpha value is -0.590. The van der Waals surface area contributed by atoms with Crippen LogP contribution in [0.15, 0.2) is 24.1 Å². The maximum Gasteiger partial charge on any atom is 0.100 e. The molecule has 0 nitrogen and oxygen atoms in total. The van der Waals surface area contributed by atoms with Crippen LogP contribution in [-0.2, 0) is 0 Å². The average Bonchev–Trinajstić information content (AvgIpc) is 1.94. The first kappa shape index (κ1) is 8.41. The Bertz CT molecular complexity index is 112. The lowest BCUT2D eigenvalue weighted by Gasteiger charge is -1.94. The summed E-state index contributed by atoms with van der Waals surface area (Å²) >= 11 is 0. The Morgan fingerprint density at radius 1 is 1.44 bits per heavy atom. The van der Waals surface area contributed by atoms with Gasteiger partial charge in [-0.15, -0.1) is 0 Å². The Morgan fingerprint density at radius 2 is 2.11 bits per heavy atom. The van der Waals surface area contributed by atoms with Crippen LogP contribution in [0, 0.1) is 0 Å². The Morgan fingerprint density at radius 3 is 2.33 bits per heavy atom. The van der Waals surface area contributed by atoms with Crippen molar-refractivity contribution in [3.8, 4) is 0 Å². The van der Waals surface area contributed by atoms with Gasteiger partial charge in [-0.25, -0.2) is 4.39 Å². The van der Waals surface area contributed by atoms with Crippen molar-refractivity contribution in [1.82, 2.24) is 0 Å². The molecule has 0 saturated heterocycles. The van der Waals surface area contributed by atoms with Crippen LogP contribution in [0.4, 0.5) is 4.39 Å². The Balaban J connectivity index is 0.000000291. The van der Waals surface area contributed by atoms with E-state index in [-0.39, 0.29) is 5.83 Å². The summed E-state index contributed by atoms with van der Waals surface area (Å²) in [5.74, 6) is 0.00231. The van der Waals surface area contributed by atoms with Gasteiger partial charge in [0.15, 0.2) is 0 Å². The maximum absolute atomic E-state index is 12.0. The van der Waals surface area contributed by atoms with E-state index in [1.807, 2.05) is 19.9 Å². The zero-order chi connectivity index (χ0) is 7.11. The number of hydrogen-bond acceptors (Lipinski definition) is 0. The predicted octanol–water partition coefficient (Wildman–Crippen LogP) is 3.22. The smallest absolute Gasteiger partial charge is 0.100 e. The summed E-state index contributed by atoms with van der Waals surface area (Å²) in [6.07, 6.45) is 6.67. The highest BCUT2D eigenvalue weighted by Gasteiger charge is 1.93. The molecule has 1 aliphatic carbocycles. The molecule has 0 bridgehead atoms. The molecule has 52 valence electrons. The summed E-state index contributed by atoms with van der Waals surface area (Å²) in [5.41, 5.74) is 0. The highest BCUT2D eigenvalue weighted by molar-refractivity contribution is 5.11.